The van der Waals surface area contributed by atoms with Crippen LogP contribution in [-0.4, -0.2) is 22.8 Å². The highest BCUT2D eigenvalue weighted by molar-refractivity contribution is 8.01. The minimum absolute atomic E-state index is 0.127. The molecule has 0 radical (unpaired) electrons. The van der Waals surface area contributed by atoms with Crippen molar-refractivity contribution in [1.29, 1.82) is 0 Å². The molecule has 1 rings (SSSR count). The molecule has 0 aliphatic rings. The Bertz CT molecular complexity index is 418. The fourth-order valence-corrected chi connectivity index (χ4v) is 1.94. The van der Waals surface area contributed by atoms with Gasteiger partial charge in [-0.25, -0.2) is 0 Å². The summed E-state index contributed by atoms with van der Waals surface area (Å²) in [7, 11) is 0. The number of amides is 2. The van der Waals surface area contributed by atoms with Crippen LogP contribution >= 0.6 is 11.8 Å². The molecular weight excluding hydrogens is 248 g/mol. The first-order chi connectivity index (χ1) is 8.52. The molecule has 0 aliphatic carbocycles. The highest BCUT2D eigenvalue weighted by atomic mass is 32.2. The van der Waals surface area contributed by atoms with Gasteiger partial charge in [0.2, 0.25) is 11.8 Å². The average molecular weight is 266 g/mol. The quantitative estimate of drug-likeness (QED) is 0.824. The number of rotatable bonds is 6. The number of nitrogens with two attached hydrogens (primary N) is 1. The smallest absolute Gasteiger partial charge is 0.234 e. The van der Waals surface area contributed by atoms with E-state index in [9.17, 15) is 9.59 Å². The monoisotopic (exact) mass is 266 g/mol. The predicted molar refractivity (Wildman–Crippen MR) is 75.6 cm³/mol. The molecule has 98 valence electrons. The van der Waals surface area contributed by atoms with Crippen molar-refractivity contribution in [3.05, 3.63) is 29.8 Å². The van der Waals surface area contributed by atoms with Crippen LogP contribution in [0.5, 0.6) is 0 Å². The summed E-state index contributed by atoms with van der Waals surface area (Å²) < 4.78 is 0. The van der Waals surface area contributed by atoms with Gasteiger partial charge in [-0.05, 0) is 31.0 Å². The van der Waals surface area contributed by atoms with E-state index in [2.05, 4.69) is 12.2 Å². The highest BCUT2D eigenvalue weighted by Crippen LogP contribution is 2.13. The Morgan fingerprint density at radius 1 is 1.33 bits per heavy atom. The lowest BCUT2D eigenvalue weighted by Gasteiger charge is -2.08. The lowest BCUT2D eigenvalue weighted by Crippen LogP contribution is -2.25. The Hall–Kier alpha value is -1.49. The van der Waals surface area contributed by atoms with Crippen molar-refractivity contribution in [3.63, 3.8) is 0 Å². The van der Waals surface area contributed by atoms with Crippen LogP contribution in [0.25, 0.3) is 0 Å². The number of benzene rings is 1. The van der Waals surface area contributed by atoms with Crippen LogP contribution in [0.2, 0.25) is 0 Å². The Kier molecular flexibility index (Phi) is 5.71. The van der Waals surface area contributed by atoms with Crippen LogP contribution in [0.3, 0.4) is 0 Å². The van der Waals surface area contributed by atoms with Gasteiger partial charge in [0, 0.05) is 5.69 Å². The van der Waals surface area contributed by atoms with Crippen LogP contribution in [-0.2, 0) is 16.0 Å². The minimum atomic E-state index is -0.403. The fraction of sp³-hybridized carbons (Fsp3) is 0.385. The summed E-state index contributed by atoms with van der Waals surface area (Å²) in [6.45, 7) is 3.77. The predicted octanol–water partition coefficient (Wildman–Crippen LogP) is 1.79. The molecule has 0 saturated heterocycles. The number of hydrogen-bond acceptors (Lipinski definition) is 3. The van der Waals surface area contributed by atoms with E-state index < -0.39 is 5.91 Å². The van der Waals surface area contributed by atoms with Crippen molar-refractivity contribution in [2.75, 3.05) is 11.1 Å². The van der Waals surface area contributed by atoms with Crippen LogP contribution in [0, 0.1) is 0 Å². The molecule has 1 aromatic carbocycles. The largest absolute Gasteiger partial charge is 0.369 e. The van der Waals surface area contributed by atoms with Gasteiger partial charge in [0.15, 0.2) is 0 Å². The van der Waals surface area contributed by atoms with Crippen molar-refractivity contribution < 1.29 is 9.59 Å². The topological polar surface area (TPSA) is 72.2 Å². The Morgan fingerprint density at radius 3 is 2.44 bits per heavy atom. The van der Waals surface area contributed by atoms with E-state index in [4.69, 9.17) is 5.73 Å². The maximum Gasteiger partial charge on any atom is 0.234 e. The number of hydrogen-bond donors (Lipinski definition) is 2. The summed E-state index contributed by atoms with van der Waals surface area (Å²) in [4.78, 5) is 22.4. The molecule has 0 saturated carbocycles. The van der Waals surface area contributed by atoms with Gasteiger partial charge in [0.1, 0.15) is 0 Å². The van der Waals surface area contributed by atoms with Crippen molar-refractivity contribution in [1.82, 2.24) is 0 Å². The second-order valence-electron chi connectivity index (χ2n) is 3.95. The van der Waals surface area contributed by atoms with Gasteiger partial charge in [-0.1, -0.05) is 19.1 Å². The number of nitrogens with one attached hydrogen (secondary N) is 1. The molecule has 1 aromatic rings. The Balaban J connectivity index is 2.42. The first-order valence-corrected chi connectivity index (χ1v) is 6.87. The molecule has 0 fully saturated rings. The number of carbonyl (C=O) groups is 2. The van der Waals surface area contributed by atoms with E-state index in [0.29, 0.717) is 0 Å². The van der Waals surface area contributed by atoms with Gasteiger partial charge in [-0.2, -0.15) is 0 Å². The molecular formula is C13H18N2O2S. The summed E-state index contributed by atoms with van der Waals surface area (Å²) in [5.41, 5.74) is 7.11. The molecule has 0 heterocycles. The SMILES string of the molecule is CCc1ccc(NC(=O)CSC(C)C(N)=O)cc1. The van der Waals surface area contributed by atoms with E-state index in [0.717, 1.165) is 12.1 Å². The fourth-order valence-electron chi connectivity index (χ4n) is 1.30. The lowest BCUT2D eigenvalue weighted by atomic mass is 10.1. The van der Waals surface area contributed by atoms with Crippen LogP contribution < -0.4 is 11.1 Å². The molecule has 4 nitrogen and oxygen atoms in total. The van der Waals surface area contributed by atoms with Gasteiger partial charge in [-0.3, -0.25) is 9.59 Å². The molecule has 18 heavy (non-hydrogen) atoms. The molecule has 0 aliphatic heterocycles. The number of anilines is 1. The summed E-state index contributed by atoms with van der Waals surface area (Å²) in [5, 5.41) is 2.43. The van der Waals surface area contributed by atoms with Crippen molar-refractivity contribution in [2.24, 2.45) is 5.73 Å². The summed E-state index contributed by atoms with van der Waals surface area (Å²) >= 11 is 1.23. The summed E-state index contributed by atoms with van der Waals surface area (Å²) in [6, 6.07) is 7.71. The van der Waals surface area contributed by atoms with E-state index in [1.807, 2.05) is 24.3 Å². The van der Waals surface area contributed by atoms with Crippen molar-refractivity contribution in [3.8, 4) is 0 Å². The molecule has 0 bridgehead atoms. The number of thioether (sulfide) groups is 1. The second-order valence-corrected chi connectivity index (χ2v) is 5.28. The Labute approximate surface area is 111 Å². The van der Waals surface area contributed by atoms with Gasteiger partial charge in [0.05, 0.1) is 11.0 Å². The van der Waals surface area contributed by atoms with Gasteiger partial charge in [-0.15, -0.1) is 11.8 Å². The van der Waals surface area contributed by atoms with Crippen LogP contribution in [0.4, 0.5) is 5.69 Å². The van der Waals surface area contributed by atoms with Gasteiger partial charge < -0.3 is 11.1 Å². The van der Waals surface area contributed by atoms with E-state index >= 15 is 0 Å². The van der Waals surface area contributed by atoms with Crippen molar-refractivity contribution >= 4 is 29.3 Å². The first-order valence-electron chi connectivity index (χ1n) is 5.82. The molecule has 3 N–H and O–H groups in total. The molecule has 1 atom stereocenters. The molecule has 1 unspecified atom stereocenters. The van der Waals surface area contributed by atoms with E-state index in [1.54, 1.807) is 6.92 Å². The third kappa shape index (κ3) is 4.79. The van der Waals surface area contributed by atoms with Gasteiger partial charge in [0.25, 0.3) is 0 Å². The first kappa shape index (κ1) is 14.6. The third-order valence-corrected chi connectivity index (χ3v) is 3.67. The van der Waals surface area contributed by atoms with Crippen LogP contribution in [0.15, 0.2) is 24.3 Å². The Morgan fingerprint density at radius 2 is 1.94 bits per heavy atom. The van der Waals surface area contributed by atoms with Crippen molar-refractivity contribution in [2.45, 2.75) is 25.5 Å². The number of carbonyl (C=O) groups excluding carboxylic acids is 2. The maximum atomic E-state index is 11.6. The normalized spacial score (nSPS) is 11.9. The average Bonchev–Trinajstić information content (AvgIpc) is 2.36. The lowest BCUT2D eigenvalue weighted by molar-refractivity contribution is -0.117. The standard InChI is InChI=1S/C13H18N2O2S/c1-3-10-4-6-11(7-5-10)15-12(16)8-18-9(2)13(14)17/h4-7,9H,3,8H2,1-2H3,(H2,14,17)(H,15,16). The van der Waals surface area contributed by atoms with Crippen LogP contribution in [0.1, 0.15) is 19.4 Å². The molecule has 0 spiro atoms. The number of aryl methyl sites for hydroxylation is 1. The zero-order chi connectivity index (χ0) is 13.5. The second kappa shape index (κ2) is 7.06. The zero-order valence-corrected chi connectivity index (χ0v) is 11.4. The minimum Gasteiger partial charge on any atom is -0.369 e. The molecule has 2 amide bonds. The summed E-state index contributed by atoms with van der Waals surface area (Å²) in [6.07, 6.45) is 0.972. The molecule has 0 aromatic heterocycles. The number of primary amides is 1. The summed E-state index contributed by atoms with van der Waals surface area (Å²) in [5.74, 6) is -0.308. The van der Waals surface area contributed by atoms with E-state index in [1.165, 1.54) is 17.3 Å². The molecule has 5 heteroatoms. The maximum absolute atomic E-state index is 11.6. The highest BCUT2D eigenvalue weighted by Gasteiger charge is 2.11. The zero-order valence-electron chi connectivity index (χ0n) is 10.6. The third-order valence-electron chi connectivity index (χ3n) is 2.51. The van der Waals surface area contributed by atoms with Gasteiger partial charge >= 0.3 is 0 Å². The van der Waals surface area contributed by atoms with E-state index in [-0.39, 0.29) is 16.9 Å².